The standard InChI is InChI=1S/C22H24N2O2/c25-22(17-7-2-1-3-8-17)18-11-13-21(23-14-18)26-15-19-12-10-16-6-4-5-9-20(16)24-19/h4-6,9-14,17,22,25H,1-3,7-8,15H2. The number of rotatable bonds is 5. The van der Waals surface area contributed by atoms with Crippen LogP contribution in [0.1, 0.15) is 49.5 Å². The Labute approximate surface area is 153 Å². The summed E-state index contributed by atoms with van der Waals surface area (Å²) in [6.45, 7) is 0.377. The number of nitrogens with zero attached hydrogens (tertiary/aromatic N) is 2. The fraction of sp³-hybridized carbons (Fsp3) is 0.364. The Bertz CT molecular complexity index is 857. The lowest BCUT2D eigenvalue weighted by atomic mass is 9.83. The number of aliphatic hydroxyl groups excluding tert-OH is 1. The second-order valence-electron chi connectivity index (χ2n) is 7.06. The fourth-order valence-corrected chi connectivity index (χ4v) is 3.71. The lowest BCUT2D eigenvalue weighted by molar-refractivity contribution is 0.0844. The number of pyridine rings is 2. The van der Waals surface area contributed by atoms with Crippen LogP contribution in [0, 0.1) is 5.92 Å². The molecule has 1 aliphatic carbocycles. The molecular weight excluding hydrogens is 324 g/mol. The zero-order chi connectivity index (χ0) is 17.8. The smallest absolute Gasteiger partial charge is 0.213 e. The quantitative estimate of drug-likeness (QED) is 0.718. The maximum atomic E-state index is 10.6. The van der Waals surface area contributed by atoms with Crippen molar-refractivity contribution >= 4 is 10.9 Å². The van der Waals surface area contributed by atoms with E-state index in [1.807, 2.05) is 42.5 Å². The molecule has 26 heavy (non-hydrogen) atoms. The summed E-state index contributed by atoms with van der Waals surface area (Å²) in [5, 5.41) is 11.7. The summed E-state index contributed by atoms with van der Waals surface area (Å²) < 4.78 is 5.77. The third-order valence-corrected chi connectivity index (χ3v) is 5.22. The number of benzene rings is 1. The minimum atomic E-state index is -0.418. The molecule has 4 heteroatoms. The summed E-state index contributed by atoms with van der Waals surface area (Å²) in [7, 11) is 0. The van der Waals surface area contributed by atoms with E-state index < -0.39 is 6.10 Å². The lowest BCUT2D eigenvalue weighted by Gasteiger charge is -2.26. The van der Waals surface area contributed by atoms with Crippen molar-refractivity contribution in [1.29, 1.82) is 0 Å². The zero-order valence-corrected chi connectivity index (χ0v) is 14.8. The number of hydrogen-bond donors (Lipinski definition) is 1. The first kappa shape index (κ1) is 17.0. The van der Waals surface area contributed by atoms with Gasteiger partial charge in [0, 0.05) is 17.6 Å². The second kappa shape index (κ2) is 7.83. The molecule has 1 aliphatic rings. The maximum Gasteiger partial charge on any atom is 0.213 e. The minimum absolute atomic E-state index is 0.360. The van der Waals surface area contributed by atoms with E-state index in [0.717, 1.165) is 35.0 Å². The van der Waals surface area contributed by atoms with E-state index in [1.165, 1.54) is 19.3 Å². The van der Waals surface area contributed by atoms with Crippen LogP contribution in [0.4, 0.5) is 0 Å². The molecule has 1 saturated carbocycles. The van der Waals surface area contributed by atoms with Gasteiger partial charge in [-0.15, -0.1) is 0 Å². The summed E-state index contributed by atoms with van der Waals surface area (Å²) in [6.07, 6.45) is 7.25. The van der Waals surface area contributed by atoms with Gasteiger partial charge in [0.1, 0.15) is 6.61 Å². The van der Waals surface area contributed by atoms with Crippen LogP contribution >= 0.6 is 0 Å². The Morgan fingerprint density at radius 1 is 1.00 bits per heavy atom. The first-order valence-electron chi connectivity index (χ1n) is 9.41. The van der Waals surface area contributed by atoms with Gasteiger partial charge >= 0.3 is 0 Å². The van der Waals surface area contributed by atoms with E-state index >= 15 is 0 Å². The molecule has 1 aromatic carbocycles. The van der Waals surface area contributed by atoms with Gasteiger partial charge in [0.05, 0.1) is 17.3 Å². The predicted molar refractivity (Wildman–Crippen MR) is 102 cm³/mol. The maximum absolute atomic E-state index is 10.6. The van der Waals surface area contributed by atoms with Crippen LogP contribution in [0.2, 0.25) is 0 Å². The predicted octanol–water partition coefficient (Wildman–Crippen LogP) is 4.82. The molecule has 134 valence electrons. The van der Waals surface area contributed by atoms with Gasteiger partial charge in [-0.3, -0.25) is 0 Å². The highest BCUT2D eigenvalue weighted by molar-refractivity contribution is 5.78. The highest BCUT2D eigenvalue weighted by Crippen LogP contribution is 2.34. The molecule has 2 heterocycles. The van der Waals surface area contributed by atoms with Gasteiger partial charge < -0.3 is 9.84 Å². The van der Waals surface area contributed by atoms with Crippen molar-refractivity contribution in [3.8, 4) is 5.88 Å². The molecule has 1 atom stereocenters. The second-order valence-corrected chi connectivity index (χ2v) is 7.06. The van der Waals surface area contributed by atoms with E-state index in [4.69, 9.17) is 4.74 Å². The Morgan fingerprint density at radius 3 is 2.65 bits per heavy atom. The van der Waals surface area contributed by atoms with Crippen LogP contribution in [-0.4, -0.2) is 15.1 Å². The third kappa shape index (κ3) is 3.86. The fourth-order valence-electron chi connectivity index (χ4n) is 3.71. The molecule has 1 unspecified atom stereocenters. The van der Waals surface area contributed by atoms with Crippen LogP contribution in [0.25, 0.3) is 10.9 Å². The van der Waals surface area contributed by atoms with Crippen molar-refractivity contribution in [2.24, 2.45) is 5.92 Å². The van der Waals surface area contributed by atoms with Crippen molar-refractivity contribution in [2.75, 3.05) is 0 Å². The Kier molecular flexibility index (Phi) is 5.12. The van der Waals surface area contributed by atoms with Crippen LogP contribution in [0.5, 0.6) is 5.88 Å². The molecule has 3 aromatic rings. The highest BCUT2D eigenvalue weighted by atomic mass is 16.5. The topological polar surface area (TPSA) is 55.2 Å². The van der Waals surface area contributed by atoms with Crippen molar-refractivity contribution < 1.29 is 9.84 Å². The SMILES string of the molecule is OC(c1ccc(OCc2ccc3ccccc3n2)nc1)C1CCCCC1. The average Bonchev–Trinajstić information content (AvgIpc) is 2.72. The number of aliphatic hydroxyl groups is 1. The summed E-state index contributed by atoms with van der Waals surface area (Å²) in [6, 6.07) is 15.8. The normalized spacial score (nSPS) is 16.5. The van der Waals surface area contributed by atoms with Crippen LogP contribution in [-0.2, 0) is 6.61 Å². The third-order valence-electron chi connectivity index (χ3n) is 5.22. The van der Waals surface area contributed by atoms with E-state index in [0.29, 0.717) is 18.4 Å². The van der Waals surface area contributed by atoms with Gasteiger partial charge in [0.2, 0.25) is 5.88 Å². The van der Waals surface area contributed by atoms with E-state index in [2.05, 4.69) is 16.0 Å². The van der Waals surface area contributed by atoms with Crippen molar-refractivity contribution in [3.05, 3.63) is 66.0 Å². The number of ether oxygens (including phenoxy) is 1. The first-order chi connectivity index (χ1) is 12.8. The molecule has 0 amide bonds. The minimum Gasteiger partial charge on any atom is -0.471 e. The van der Waals surface area contributed by atoms with Crippen LogP contribution in [0.15, 0.2) is 54.7 Å². The summed E-state index contributed by atoms with van der Waals surface area (Å²) in [4.78, 5) is 8.97. The van der Waals surface area contributed by atoms with Gasteiger partial charge in [-0.05, 0) is 42.5 Å². The lowest BCUT2D eigenvalue weighted by Crippen LogP contribution is -2.16. The van der Waals surface area contributed by atoms with Gasteiger partial charge in [-0.2, -0.15) is 0 Å². The number of para-hydroxylation sites is 1. The van der Waals surface area contributed by atoms with Crippen LogP contribution < -0.4 is 4.74 Å². The molecular formula is C22H24N2O2. The van der Waals surface area contributed by atoms with Crippen molar-refractivity contribution in [2.45, 2.75) is 44.8 Å². The molecule has 1 fully saturated rings. The monoisotopic (exact) mass is 348 g/mol. The number of hydrogen-bond acceptors (Lipinski definition) is 4. The number of aromatic nitrogens is 2. The molecule has 0 aliphatic heterocycles. The van der Waals surface area contributed by atoms with Gasteiger partial charge in [0.15, 0.2) is 0 Å². The molecule has 4 rings (SSSR count). The highest BCUT2D eigenvalue weighted by Gasteiger charge is 2.23. The molecule has 0 saturated heterocycles. The van der Waals surface area contributed by atoms with Gasteiger partial charge in [-0.1, -0.05) is 43.5 Å². The molecule has 1 N–H and O–H groups in total. The van der Waals surface area contributed by atoms with Crippen molar-refractivity contribution in [1.82, 2.24) is 9.97 Å². The largest absolute Gasteiger partial charge is 0.471 e. The van der Waals surface area contributed by atoms with E-state index in [1.54, 1.807) is 6.20 Å². The Morgan fingerprint density at radius 2 is 1.85 bits per heavy atom. The van der Waals surface area contributed by atoms with Crippen molar-refractivity contribution in [3.63, 3.8) is 0 Å². The van der Waals surface area contributed by atoms with Gasteiger partial charge in [-0.25, -0.2) is 9.97 Å². The first-order valence-corrected chi connectivity index (χ1v) is 9.41. The molecule has 4 nitrogen and oxygen atoms in total. The Hall–Kier alpha value is -2.46. The number of fused-ring (bicyclic) bond motifs is 1. The summed E-state index contributed by atoms with van der Waals surface area (Å²) >= 11 is 0. The average molecular weight is 348 g/mol. The van der Waals surface area contributed by atoms with E-state index in [-0.39, 0.29) is 0 Å². The molecule has 0 bridgehead atoms. The summed E-state index contributed by atoms with van der Waals surface area (Å²) in [5.74, 6) is 0.915. The molecule has 0 spiro atoms. The van der Waals surface area contributed by atoms with E-state index in [9.17, 15) is 5.11 Å². The van der Waals surface area contributed by atoms with Gasteiger partial charge in [0.25, 0.3) is 0 Å². The Balaban J connectivity index is 1.38. The molecule has 2 aromatic heterocycles. The molecule has 0 radical (unpaired) electrons. The van der Waals surface area contributed by atoms with Crippen LogP contribution in [0.3, 0.4) is 0 Å². The zero-order valence-electron chi connectivity index (χ0n) is 14.8. The summed E-state index contributed by atoms with van der Waals surface area (Å²) in [5.41, 5.74) is 2.72.